The first-order valence-electron chi connectivity index (χ1n) is 6.67. The van der Waals surface area contributed by atoms with Crippen molar-refractivity contribution in [2.75, 3.05) is 0 Å². The quantitative estimate of drug-likeness (QED) is 0.776. The van der Waals surface area contributed by atoms with Crippen molar-refractivity contribution in [3.8, 4) is 0 Å². The molecular formula is C13H21ClN4. The molecule has 5 heteroatoms. The van der Waals surface area contributed by atoms with E-state index in [2.05, 4.69) is 28.5 Å². The maximum absolute atomic E-state index is 6.25. The smallest absolute Gasteiger partial charge is 0.158 e. The van der Waals surface area contributed by atoms with Crippen molar-refractivity contribution in [3.63, 3.8) is 0 Å². The van der Waals surface area contributed by atoms with Gasteiger partial charge in [0.2, 0.25) is 0 Å². The Bertz CT molecular complexity index is 539. The van der Waals surface area contributed by atoms with Crippen LogP contribution in [0, 0.1) is 6.92 Å². The number of imidazole rings is 1. The van der Waals surface area contributed by atoms with Crippen LogP contribution < -0.4 is 0 Å². The Labute approximate surface area is 113 Å². The normalized spacial score (nSPS) is 13.4. The zero-order valence-corrected chi connectivity index (χ0v) is 12.3. The van der Waals surface area contributed by atoms with Crippen LogP contribution in [-0.2, 0) is 13.1 Å². The van der Waals surface area contributed by atoms with Crippen molar-refractivity contribution in [3.05, 3.63) is 11.5 Å². The van der Waals surface area contributed by atoms with Gasteiger partial charge < -0.3 is 4.57 Å². The lowest BCUT2D eigenvalue weighted by atomic mass is 10.3. The summed E-state index contributed by atoms with van der Waals surface area (Å²) in [4.78, 5) is 4.68. The summed E-state index contributed by atoms with van der Waals surface area (Å²) >= 11 is 6.25. The number of aromatic nitrogens is 4. The molecule has 100 valence electrons. The van der Waals surface area contributed by atoms with Crippen molar-refractivity contribution in [1.29, 1.82) is 0 Å². The summed E-state index contributed by atoms with van der Waals surface area (Å²) in [6, 6.07) is 0. The topological polar surface area (TPSA) is 35.6 Å². The number of hydrogen-bond donors (Lipinski definition) is 0. The van der Waals surface area contributed by atoms with Crippen molar-refractivity contribution < 1.29 is 0 Å². The number of halogens is 1. The zero-order valence-electron chi connectivity index (χ0n) is 11.6. The molecule has 1 atom stereocenters. The fourth-order valence-corrected chi connectivity index (χ4v) is 2.47. The molecule has 0 radical (unpaired) electrons. The van der Waals surface area contributed by atoms with E-state index in [1.807, 2.05) is 18.5 Å². The molecule has 4 nitrogen and oxygen atoms in total. The summed E-state index contributed by atoms with van der Waals surface area (Å²) in [6.07, 6.45) is 2.30. The van der Waals surface area contributed by atoms with Crippen LogP contribution in [0.4, 0.5) is 0 Å². The molecule has 2 heterocycles. The third kappa shape index (κ3) is 2.14. The molecular weight excluding hydrogens is 248 g/mol. The Morgan fingerprint density at radius 3 is 2.61 bits per heavy atom. The second-order valence-electron chi connectivity index (χ2n) is 4.66. The van der Waals surface area contributed by atoms with E-state index in [1.54, 1.807) is 0 Å². The monoisotopic (exact) mass is 268 g/mol. The fraction of sp³-hybridized carbons (Fsp3) is 0.692. The highest BCUT2D eigenvalue weighted by atomic mass is 35.5. The number of rotatable bonds is 5. The van der Waals surface area contributed by atoms with Crippen LogP contribution in [0.5, 0.6) is 0 Å². The van der Waals surface area contributed by atoms with E-state index in [-0.39, 0.29) is 5.38 Å². The van der Waals surface area contributed by atoms with E-state index in [4.69, 9.17) is 11.6 Å². The summed E-state index contributed by atoms with van der Waals surface area (Å²) in [5.74, 6) is 0.961. The highest BCUT2D eigenvalue weighted by Crippen LogP contribution is 2.26. The Balaban J connectivity index is 2.62. The molecule has 0 amide bonds. The van der Waals surface area contributed by atoms with Gasteiger partial charge in [-0.15, -0.1) is 11.6 Å². The molecule has 0 aliphatic carbocycles. The van der Waals surface area contributed by atoms with Crippen LogP contribution in [0.2, 0.25) is 0 Å². The lowest BCUT2D eigenvalue weighted by molar-refractivity contribution is 0.581. The molecule has 18 heavy (non-hydrogen) atoms. The fourth-order valence-electron chi connectivity index (χ4n) is 2.30. The first-order chi connectivity index (χ1) is 8.60. The molecule has 0 aromatic carbocycles. The maximum atomic E-state index is 6.25. The van der Waals surface area contributed by atoms with Gasteiger partial charge in [0.1, 0.15) is 11.3 Å². The highest BCUT2D eigenvalue weighted by molar-refractivity contribution is 6.20. The SMILES string of the molecule is CCCCn1c(C(C)Cl)nc2c(C)nn(CC)c21. The number of hydrogen-bond acceptors (Lipinski definition) is 2. The van der Waals surface area contributed by atoms with E-state index in [9.17, 15) is 0 Å². The van der Waals surface area contributed by atoms with E-state index < -0.39 is 0 Å². The molecule has 0 bridgehead atoms. The Morgan fingerprint density at radius 2 is 2.06 bits per heavy atom. The third-order valence-corrected chi connectivity index (χ3v) is 3.41. The standard InChI is InChI=1S/C13H21ClN4/c1-5-7-8-17-12(9(3)14)15-11-10(4)16-18(6-2)13(11)17/h9H,5-8H2,1-4H3. The van der Waals surface area contributed by atoms with E-state index in [0.717, 1.165) is 48.6 Å². The van der Waals surface area contributed by atoms with Crippen LogP contribution in [0.15, 0.2) is 0 Å². The van der Waals surface area contributed by atoms with Gasteiger partial charge in [0.05, 0.1) is 11.1 Å². The molecule has 0 spiro atoms. The lowest BCUT2D eigenvalue weighted by Crippen LogP contribution is -2.09. The second-order valence-corrected chi connectivity index (χ2v) is 5.32. The second kappa shape index (κ2) is 5.31. The first kappa shape index (κ1) is 13.4. The van der Waals surface area contributed by atoms with Gasteiger partial charge in [0.25, 0.3) is 0 Å². The predicted octanol–water partition coefficient (Wildman–Crippen LogP) is 3.66. The molecule has 0 saturated carbocycles. The van der Waals surface area contributed by atoms with Gasteiger partial charge in [-0.1, -0.05) is 13.3 Å². The minimum absolute atomic E-state index is 0.0704. The molecule has 2 aromatic rings. The molecule has 0 fully saturated rings. The summed E-state index contributed by atoms with van der Waals surface area (Å²) in [5, 5.41) is 4.46. The largest absolute Gasteiger partial charge is 0.312 e. The summed E-state index contributed by atoms with van der Waals surface area (Å²) in [7, 11) is 0. The van der Waals surface area contributed by atoms with Gasteiger partial charge in [0.15, 0.2) is 5.65 Å². The predicted molar refractivity (Wildman–Crippen MR) is 75.1 cm³/mol. The number of nitrogens with zero attached hydrogens (tertiary/aromatic N) is 4. The molecule has 0 N–H and O–H groups in total. The van der Waals surface area contributed by atoms with Crippen molar-refractivity contribution in [1.82, 2.24) is 19.3 Å². The van der Waals surface area contributed by atoms with Gasteiger partial charge in [0, 0.05) is 13.1 Å². The molecule has 2 rings (SSSR count). The summed E-state index contributed by atoms with van der Waals surface area (Å²) < 4.78 is 4.26. The Kier molecular flexibility index (Phi) is 3.95. The molecule has 2 aromatic heterocycles. The number of fused-ring (bicyclic) bond motifs is 1. The average molecular weight is 269 g/mol. The average Bonchev–Trinajstić information content (AvgIpc) is 2.85. The third-order valence-electron chi connectivity index (χ3n) is 3.22. The van der Waals surface area contributed by atoms with Gasteiger partial charge in [-0.05, 0) is 27.2 Å². The van der Waals surface area contributed by atoms with Crippen molar-refractivity contribution in [2.24, 2.45) is 0 Å². The van der Waals surface area contributed by atoms with Crippen molar-refractivity contribution in [2.45, 2.75) is 59.0 Å². The van der Waals surface area contributed by atoms with Crippen LogP contribution in [0.1, 0.15) is 50.5 Å². The van der Waals surface area contributed by atoms with Gasteiger partial charge >= 0.3 is 0 Å². The van der Waals surface area contributed by atoms with Gasteiger partial charge in [-0.2, -0.15) is 5.10 Å². The Hall–Kier alpha value is -1.03. The van der Waals surface area contributed by atoms with Gasteiger partial charge in [-0.3, -0.25) is 0 Å². The number of unbranched alkanes of at least 4 members (excludes halogenated alkanes) is 1. The van der Waals surface area contributed by atoms with E-state index in [0.29, 0.717) is 0 Å². The lowest BCUT2D eigenvalue weighted by Gasteiger charge is -2.10. The van der Waals surface area contributed by atoms with Crippen LogP contribution in [0.3, 0.4) is 0 Å². The van der Waals surface area contributed by atoms with Crippen LogP contribution in [-0.4, -0.2) is 19.3 Å². The highest BCUT2D eigenvalue weighted by Gasteiger charge is 2.20. The Morgan fingerprint density at radius 1 is 1.33 bits per heavy atom. The van der Waals surface area contributed by atoms with Crippen LogP contribution in [0.25, 0.3) is 11.2 Å². The van der Waals surface area contributed by atoms with Crippen LogP contribution >= 0.6 is 11.6 Å². The minimum Gasteiger partial charge on any atom is -0.312 e. The summed E-state index contributed by atoms with van der Waals surface area (Å²) in [5.41, 5.74) is 3.10. The first-order valence-corrected chi connectivity index (χ1v) is 7.11. The molecule has 0 saturated heterocycles. The van der Waals surface area contributed by atoms with E-state index >= 15 is 0 Å². The summed E-state index contributed by atoms with van der Waals surface area (Å²) in [6.45, 7) is 10.1. The van der Waals surface area contributed by atoms with Gasteiger partial charge in [-0.25, -0.2) is 9.67 Å². The number of alkyl halides is 1. The van der Waals surface area contributed by atoms with E-state index in [1.165, 1.54) is 0 Å². The number of aryl methyl sites for hydroxylation is 3. The van der Waals surface area contributed by atoms with Crippen molar-refractivity contribution >= 4 is 22.8 Å². The molecule has 0 aliphatic rings. The molecule has 1 unspecified atom stereocenters. The molecule has 0 aliphatic heterocycles. The zero-order chi connectivity index (χ0) is 13.3. The maximum Gasteiger partial charge on any atom is 0.158 e. The minimum atomic E-state index is -0.0704.